The van der Waals surface area contributed by atoms with E-state index in [4.69, 9.17) is 21.0 Å². The number of nitrogens with one attached hydrogen (secondary N) is 2. The van der Waals surface area contributed by atoms with Crippen molar-refractivity contribution >= 4 is 50.1 Å². The molecule has 5 rings (SSSR count). The van der Waals surface area contributed by atoms with Crippen molar-refractivity contribution < 1.29 is 17.6 Å². The third-order valence-corrected chi connectivity index (χ3v) is 7.96. The van der Waals surface area contributed by atoms with E-state index < -0.39 is 22.0 Å². The summed E-state index contributed by atoms with van der Waals surface area (Å²) in [6.07, 6.45) is 2.43. The third-order valence-electron chi connectivity index (χ3n) is 7.19. The normalized spacial score (nSPS) is 15.1. The number of amides is 1. The van der Waals surface area contributed by atoms with Crippen LogP contribution in [-0.4, -0.2) is 58.4 Å². The number of hydrogen-bond acceptors (Lipinski definition) is 11. The van der Waals surface area contributed by atoms with Crippen LogP contribution < -0.4 is 20.5 Å². The lowest BCUT2D eigenvalue weighted by Gasteiger charge is -2.32. The summed E-state index contributed by atoms with van der Waals surface area (Å²) in [5.74, 6) is 0.938. The molecule has 13 nitrogen and oxygen atoms in total. The minimum absolute atomic E-state index is 0.0284. The molecule has 0 bridgehead atoms. The highest BCUT2D eigenvalue weighted by molar-refractivity contribution is 7.89. The molecule has 1 aromatic carbocycles. The van der Waals surface area contributed by atoms with Gasteiger partial charge in [0.15, 0.2) is 5.69 Å². The van der Waals surface area contributed by atoms with E-state index in [0.29, 0.717) is 41.7 Å². The van der Waals surface area contributed by atoms with Gasteiger partial charge < -0.3 is 14.6 Å². The highest BCUT2D eigenvalue weighted by Gasteiger charge is 2.28. The van der Waals surface area contributed by atoms with E-state index in [1.807, 2.05) is 30.7 Å². The molecule has 2 N–H and O–H groups in total. The van der Waals surface area contributed by atoms with E-state index in [-0.39, 0.29) is 28.0 Å². The first-order valence-electron chi connectivity index (χ1n) is 13.3. The van der Waals surface area contributed by atoms with Gasteiger partial charge in [0, 0.05) is 38.5 Å². The number of sulfonamides is 1. The Morgan fingerprint density at radius 2 is 1.86 bits per heavy atom. The second kappa shape index (κ2) is 11.3. The number of pyridine rings is 1. The van der Waals surface area contributed by atoms with Gasteiger partial charge in [-0.25, -0.2) is 23.1 Å². The van der Waals surface area contributed by atoms with Crippen LogP contribution in [0.5, 0.6) is 0 Å². The largest absolute Gasteiger partial charge is 0.425 e. The number of rotatable bonds is 7. The molecule has 15 heteroatoms. The summed E-state index contributed by atoms with van der Waals surface area (Å²) in [5, 5.41) is 11.8. The lowest BCUT2D eigenvalue weighted by molar-refractivity contribution is 0.0977. The first kappa shape index (κ1) is 29.5. The molecule has 42 heavy (non-hydrogen) atoms. The fraction of sp³-hybridized carbons (Fsp3) is 0.407. The molecule has 1 amide bonds. The number of hydrogen-bond donors (Lipinski definition) is 2. The van der Waals surface area contributed by atoms with Crippen molar-refractivity contribution in [1.29, 1.82) is 0 Å². The van der Waals surface area contributed by atoms with Gasteiger partial charge in [-0.3, -0.25) is 14.2 Å². The van der Waals surface area contributed by atoms with Gasteiger partial charge in [0.25, 0.3) is 11.5 Å². The summed E-state index contributed by atoms with van der Waals surface area (Å²) in [6, 6.07) is 6.32. The summed E-state index contributed by atoms with van der Waals surface area (Å²) < 4.78 is 32.5. The molecule has 0 spiro atoms. The summed E-state index contributed by atoms with van der Waals surface area (Å²) in [4.78, 5) is 37.4. The first-order chi connectivity index (χ1) is 19.8. The average Bonchev–Trinajstić information content (AvgIpc) is 3.37. The zero-order valence-corrected chi connectivity index (χ0v) is 25.4. The Bertz CT molecular complexity index is 1850. The summed E-state index contributed by atoms with van der Waals surface area (Å²) in [6.45, 7) is 6.83. The fourth-order valence-corrected chi connectivity index (χ4v) is 5.79. The first-order valence-corrected chi connectivity index (χ1v) is 15.6. The Hall–Kier alpha value is -4.04. The van der Waals surface area contributed by atoms with Crippen LogP contribution in [0, 0.1) is 13.8 Å². The van der Waals surface area contributed by atoms with E-state index in [2.05, 4.69) is 25.4 Å². The molecular formula is C27H31ClN8O5S. The number of nitrogens with zero attached hydrogens (tertiary/aromatic N) is 6. The van der Waals surface area contributed by atoms with E-state index in [1.165, 1.54) is 6.07 Å². The fourth-order valence-electron chi connectivity index (χ4n) is 5.21. The summed E-state index contributed by atoms with van der Waals surface area (Å²) >= 11 is 6.02. The van der Waals surface area contributed by atoms with Gasteiger partial charge >= 0.3 is 0 Å². The van der Waals surface area contributed by atoms with Crippen molar-refractivity contribution in [1.82, 2.24) is 29.5 Å². The smallest absolute Gasteiger partial charge is 0.285 e. The lowest BCUT2D eigenvalue weighted by atomic mass is 9.97. The highest BCUT2D eigenvalue weighted by Crippen LogP contribution is 2.32. The maximum Gasteiger partial charge on any atom is 0.285 e. The molecule has 1 saturated heterocycles. The van der Waals surface area contributed by atoms with Gasteiger partial charge in [-0.2, -0.15) is 0 Å². The Balaban J connectivity index is 1.49. The Kier molecular flexibility index (Phi) is 7.94. The van der Waals surface area contributed by atoms with E-state index in [0.717, 1.165) is 30.2 Å². The standard InChI is InChI=1S/C27H31ClN8O5S/c1-14-12-18(15(2)29-20-6-7-21(28)30-23(20)24(37)34-42(5,39)40)22-19(13-14)26(38)35(4)27(31-22)36-10-8-17(9-11-36)25-33-32-16(3)41-25/h6-7,12-13,15,17,29H,8-11H2,1-5H3,(H,34,37)/t15-/m1/s1. The van der Waals surface area contributed by atoms with Crippen molar-refractivity contribution in [3.63, 3.8) is 0 Å². The van der Waals surface area contributed by atoms with Crippen LogP contribution >= 0.6 is 11.6 Å². The zero-order chi connectivity index (χ0) is 30.3. The molecule has 1 aliphatic rings. The number of benzene rings is 1. The van der Waals surface area contributed by atoms with Gasteiger partial charge in [0.1, 0.15) is 5.15 Å². The monoisotopic (exact) mass is 614 g/mol. The highest BCUT2D eigenvalue weighted by atomic mass is 35.5. The van der Waals surface area contributed by atoms with Crippen molar-refractivity contribution in [3.05, 3.63) is 68.4 Å². The minimum atomic E-state index is -3.83. The van der Waals surface area contributed by atoms with Crippen molar-refractivity contribution in [2.24, 2.45) is 7.05 Å². The van der Waals surface area contributed by atoms with Crippen LogP contribution in [0.3, 0.4) is 0 Å². The van der Waals surface area contributed by atoms with Gasteiger partial charge in [0.2, 0.25) is 27.8 Å². The van der Waals surface area contributed by atoms with Crippen LogP contribution in [0.15, 0.2) is 33.5 Å². The Morgan fingerprint density at radius 1 is 1.14 bits per heavy atom. The number of halogens is 1. The average molecular weight is 615 g/mol. The van der Waals surface area contributed by atoms with E-state index >= 15 is 0 Å². The molecule has 1 atom stereocenters. The second-order valence-corrected chi connectivity index (χ2v) is 12.7. The number of carbonyl (C=O) groups is 1. The summed E-state index contributed by atoms with van der Waals surface area (Å²) in [5.41, 5.74) is 2.02. The number of piperidine rings is 1. The minimum Gasteiger partial charge on any atom is -0.425 e. The van der Waals surface area contributed by atoms with Crippen LogP contribution in [-0.2, 0) is 17.1 Å². The third kappa shape index (κ3) is 6.09. The molecule has 4 heterocycles. The number of fused-ring (bicyclic) bond motifs is 1. The predicted molar refractivity (Wildman–Crippen MR) is 159 cm³/mol. The van der Waals surface area contributed by atoms with Crippen molar-refractivity contribution in [2.75, 3.05) is 29.6 Å². The SMILES string of the molecule is Cc1cc([C@@H](C)Nc2ccc(Cl)nc2C(=O)NS(C)(=O)=O)c2nc(N3CCC(c4nnc(C)o4)CC3)n(C)c(=O)c2c1. The summed E-state index contributed by atoms with van der Waals surface area (Å²) in [7, 11) is -2.12. The van der Waals surface area contributed by atoms with Gasteiger partial charge in [-0.1, -0.05) is 17.7 Å². The molecule has 1 aliphatic heterocycles. The predicted octanol–water partition coefficient (Wildman–Crippen LogP) is 3.23. The Morgan fingerprint density at radius 3 is 2.50 bits per heavy atom. The molecule has 222 valence electrons. The zero-order valence-electron chi connectivity index (χ0n) is 23.8. The topological polar surface area (TPSA) is 165 Å². The maximum atomic E-state index is 13.6. The van der Waals surface area contributed by atoms with Crippen LogP contribution in [0.25, 0.3) is 10.9 Å². The van der Waals surface area contributed by atoms with E-state index in [1.54, 1.807) is 24.6 Å². The van der Waals surface area contributed by atoms with Crippen LogP contribution in [0.4, 0.5) is 11.6 Å². The number of aromatic nitrogens is 5. The lowest BCUT2D eigenvalue weighted by Crippen LogP contribution is -2.37. The van der Waals surface area contributed by atoms with E-state index in [9.17, 15) is 18.0 Å². The molecule has 0 saturated carbocycles. The van der Waals surface area contributed by atoms with Gasteiger partial charge in [0.05, 0.1) is 28.9 Å². The van der Waals surface area contributed by atoms with Crippen molar-refractivity contribution in [3.8, 4) is 0 Å². The molecule has 0 unspecified atom stereocenters. The quantitative estimate of drug-likeness (QED) is 0.293. The molecule has 4 aromatic rings. The Labute approximate surface area is 247 Å². The molecular weight excluding hydrogens is 584 g/mol. The van der Waals surface area contributed by atoms with Gasteiger partial charge in [-0.15, -0.1) is 10.2 Å². The van der Waals surface area contributed by atoms with Gasteiger partial charge in [-0.05, 0) is 50.5 Å². The molecule has 0 radical (unpaired) electrons. The molecule has 0 aliphatic carbocycles. The molecule has 1 fully saturated rings. The molecule has 3 aromatic heterocycles. The second-order valence-electron chi connectivity index (χ2n) is 10.5. The van der Waals surface area contributed by atoms with Crippen LogP contribution in [0.1, 0.15) is 65.1 Å². The van der Waals surface area contributed by atoms with Crippen LogP contribution in [0.2, 0.25) is 5.15 Å². The van der Waals surface area contributed by atoms with Crippen molar-refractivity contribution in [2.45, 2.75) is 45.6 Å². The number of aryl methyl sites for hydroxylation is 2. The number of carbonyl (C=O) groups excluding carboxylic acids is 1. The maximum absolute atomic E-state index is 13.6. The number of anilines is 2.